The average Bonchev–Trinajstić information content (AvgIpc) is 3.26. The molecule has 28 heavy (non-hydrogen) atoms. The molecule has 2 aromatic rings. The zero-order valence-electron chi connectivity index (χ0n) is 15.4. The van der Waals surface area contributed by atoms with Crippen LogP contribution < -0.4 is 16.5 Å². The van der Waals surface area contributed by atoms with E-state index in [1.165, 1.54) is 0 Å². The number of hydrogen-bond acceptors (Lipinski definition) is 7. The highest BCUT2D eigenvalue weighted by Crippen LogP contribution is 2.29. The molecule has 2 aliphatic heterocycles. The van der Waals surface area contributed by atoms with Crippen molar-refractivity contribution in [3.8, 4) is 6.07 Å². The maximum absolute atomic E-state index is 11.9. The predicted octanol–water partition coefficient (Wildman–Crippen LogP) is 0.353. The van der Waals surface area contributed by atoms with Gasteiger partial charge in [0.05, 0.1) is 31.2 Å². The van der Waals surface area contributed by atoms with Gasteiger partial charge in [-0.2, -0.15) is 10.4 Å². The maximum Gasteiger partial charge on any atom is 0.492 e. The molecule has 1 amide bonds. The number of carbonyl (C=O) groups excluding carboxylic acids is 1. The van der Waals surface area contributed by atoms with Gasteiger partial charge in [-0.15, -0.1) is 0 Å². The summed E-state index contributed by atoms with van der Waals surface area (Å²) >= 11 is 0. The SMILES string of the molecule is Cc1cc(Nc2nn([C@@H]3COCC[C@H]3C#N)cc2C(N)=O)cc2c1B(O)OC2. The molecule has 1 fully saturated rings. The molecule has 0 bridgehead atoms. The smallest absolute Gasteiger partial charge is 0.423 e. The number of rotatable bonds is 4. The molecule has 10 heteroatoms. The molecule has 0 aliphatic carbocycles. The van der Waals surface area contributed by atoms with E-state index in [1.807, 2.05) is 19.1 Å². The molecule has 1 aromatic heterocycles. The Morgan fingerprint density at radius 1 is 1.54 bits per heavy atom. The molecule has 9 nitrogen and oxygen atoms in total. The first-order valence-corrected chi connectivity index (χ1v) is 9.04. The number of nitrogens with two attached hydrogens (primary N) is 1. The average molecular weight is 381 g/mol. The number of primary amides is 1. The second-order valence-electron chi connectivity index (χ2n) is 7.06. The van der Waals surface area contributed by atoms with Crippen LogP contribution >= 0.6 is 0 Å². The molecule has 144 valence electrons. The van der Waals surface area contributed by atoms with Crippen LogP contribution in [0.15, 0.2) is 18.3 Å². The van der Waals surface area contributed by atoms with E-state index in [-0.39, 0.29) is 17.5 Å². The van der Waals surface area contributed by atoms with Crippen LogP contribution in [0.1, 0.15) is 33.9 Å². The Balaban J connectivity index is 1.67. The van der Waals surface area contributed by atoms with Crippen molar-refractivity contribution in [2.45, 2.75) is 26.0 Å². The zero-order valence-corrected chi connectivity index (χ0v) is 15.4. The summed E-state index contributed by atoms with van der Waals surface area (Å²) in [6.45, 7) is 3.08. The fourth-order valence-corrected chi connectivity index (χ4v) is 3.77. The lowest BCUT2D eigenvalue weighted by molar-refractivity contribution is 0.0342. The van der Waals surface area contributed by atoms with E-state index in [0.717, 1.165) is 16.6 Å². The predicted molar refractivity (Wildman–Crippen MR) is 101 cm³/mol. The molecular weight excluding hydrogens is 361 g/mol. The summed E-state index contributed by atoms with van der Waals surface area (Å²) in [6.07, 6.45) is 2.17. The molecule has 3 heterocycles. The largest absolute Gasteiger partial charge is 0.492 e. The number of nitrogens with zero attached hydrogens (tertiary/aromatic N) is 3. The van der Waals surface area contributed by atoms with E-state index in [1.54, 1.807) is 10.9 Å². The molecule has 0 unspecified atom stereocenters. The monoisotopic (exact) mass is 381 g/mol. The second-order valence-corrected chi connectivity index (χ2v) is 7.06. The van der Waals surface area contributed by atoms with Gasteiger partial charge in [-0.05, 0) is 42.1 Å². The van der Waals surface area contributed by atoms with Crippen LogP contribution in [-0.4, -0.2) is 41.0 Å². The van der Waals surface area contributed by atoms with Crippen molar-refractivity contribution in [3.05, 3.63) is 35.0 Å². The van der Waals surface area contributed by atoms with Gasteiger partial charge in [-0.3, -0.25) is 9.48 Å². The minimum absolute atomic E-state index is 0.233. The summed E-state index contributed by atoms with van der Waals surface area (Å²) in [6, 6.07) is 5.71. The summed E-state index contributed by atoms with van der Waals surface area (Å²) in [5.74, 6) is -0.549. The number of aryl methyl sites for hydroxylation is 1. The highest BCUT2D eigenvalue weighted by atomic mass is 16.5. The van der Waals surface area contributed by atoms with E-state index >= 15 is 0 Å². The maximum atomic E-state index is 11.9. The number of nitriles is 1. The standard InChI is InChI=1S/C18H20BN5O4/c1-10-4-13(5-12-8-28-19(26)16(10)12)22-18-14(17(21)25)7-24(23-18)15-9-27-3-2-11(15)6-20/h4-5,7,11,15,26H,2-3,8-9H2,1H3,(H2,21,25)(H,22,23)/t11-,15+/m0/s1. The normalized spacial score (nSPS) is 21.2. The fourth-order valence-electron chi connectivity index (χ4n) is 3.77. The number of amides is 1. The van der Waals surface area contributed by atoms with Gasteiger partial charge in [0, 0.05) is 18.5 Å². The van der Waals surface area contributed by atoms with Crippen LogP contribution in [0.2, 0.25) is 0 Å². The van der Waals surface area contributed by atoms with Crippen LogP contribution in [0.25, 0.3) is 0 Å². The fraction of sp³-hybridized carbons (Fsp3) is 0.389. The third kappa shape index (κ3) is 3.24. The summed E-state index contributed by atoms with van der Waals surface area (Å²) in [5.41, 5.74) is 8.99. The summed E-state index contributed by atoms with van der Waals surface area (Å²) in [5, 5.41) is 26.9. The van der Waals surface area contributed by atoms with Gasteiger partial charge >= 0.3 is 7.12 Å². The van der Waals surface area contributed by atoms with Crippen molar-refractivity contribution in [2.24, 2.45) is 11.7 Å². The van der Waals surface area contributed by atoms with Crippen molar-refractivity contribution >= 4 is 30.0 Å². The number of hydrogen-bond donors (Lipinski definition) is 3. The van der Waals surface area contributed by atoms with E-state index < -0.39 is 13.0 Å². The van der Waals surface area contributed by atoms with Crippen LogP contribution in [0.4, 0.5) is 11.5 Å². The summed E-state index contributed by atoms with van der Waals surface area (Å²) < 4.78 is 12.3. The number of benzene rings is 1. The molecule has 0 spiro atoms. The second kappa shape index (κ2) is 7.28. The van der Waals surface area contributed by atoms with Crippen molar-refractivity contribution in [1.82, 2.24) is 9.78 Å². The molecule has 4 N–H and O–H groups in total. The van der Waals surface area contributed by atoms with Gasteiger partial charge in [-0.25, -0.2) is 0 Å². The third-order valence-corrected chi connectivity index (χ3v) is 5.21. The first kappa shape index (κ1) is 18.5. The van der Waals surface area contributed by atoms with Crippen molar-refractivity contribution < 1.29 is 19.2 Å². The lowest BCUT2D eigenvalue weighted by atomic mass is 9.76. The number of anilines is 2. The zero-order chi connectivity index (χ0) is 19.8. The van der Waals surface area contributed by atoms with Crippen LogP contribution in [0.5, 0.6) is 0 Å². The van der Waals surface area contributed by atoms with Crippen molar-refractivity contribution in [2.75, 3.05) is 18.5 Å². The first-order chi connectivity index (χ1) is 13.5. The molecule has 0 radical (unpaired) electrons. The van der Waals surface area contributed by atoms with E-state index in [9.17, 15) is 15.1 Å². The molecule has 2 atom stereocenters. The summed E-state index contributed by atoms with van der Waals surface area (Å²) in [4.78, 5) is 11.9. The van der Waals surface area contributed by atoms with E-state index in [0.29, 0.717) is 37.7 Å². The lowest BCUT2D eigenvalue weighted by Crippen LogP contribution is -2.30. The van der Waals surface area contributed by atoms with Gasteiger partial charge in [0.2, 0.25) is 0 Å². The number of carbonyl (C=O) groups is 1. The van der Waals surface area contributed by atoms with Gasteiger partial charge in [0.15, 0.2) is 5.82 Å². The minimum Gasteiger partial charge on any atom is -0.423 e. The Morgan fingerprint density at radius 2 is 2.36 bits per heavy atom. The van der Waals surface area contributed by atoms with Crippen LogP contribution in [-0.2, 0) is 16.0 Å². The van der Waals surface area contributed by atoms with Gasteiger partial charge < -0.3 is 25.5 Å². The highest BCUT2D eigenvalue weighted by Gasteiger charge is 2.31. The van der Waals surface area contributed by atoms with Gasteiger partial charge in [-0.1, -0.05) is 0 Å². The van der Waals surface area contributed by atoms with Crippen LogP contribution in [0, 0.1) is 24.2 Å². The number of fused-ring (bicyclic) bond motifs is 1. The number of ether oxygens (including phenoxy) is 1. The number of aromatic nitrogens is 2. The third-order valence-electron chi connectivity index (χ3n) is 5.21. The Morgan fingerprint density at radius 3 is 3.11 bits per heavy atom. The highest BCUT2D eigenvalue weighted by molar-refractivity contribution is 6.62. The Kier molecular flexibility index (Phi) is 4.81. The minimum atomic E-state index is -0.918. The molecule has 0 saturated carbocycles. The van der Waals surface area contributed by atoms with Gasteiger partial charge in [0.1, 0.15) is 5.56 Å². The molecule has 1 saturated heterocycles. The Hall–Kier alpha value is -2.87. The van der Waals surface area contributed by atoms with Crippen LogP contribution in [0.3, 0.4) is 0 Å². The van der Waals surface area contributed by atoms with Gasteiger partial charge in [0.25, 0.3) is 5.91 Å². The van der Waals surface area contributed by atoms with E-state index in [4.69, 9.17) is 15.1 Å². The molecular formula is C18H20BN5O4. The quantitative estimate of drug-likeness (QED) is 0.651. The van der Waals surface area contributed by atoms with E-state index in [2.05, 4.69) is 16.5 Å². The first-order valence-electron chi connectivity index (χ1n) is 9.04. The molecule has 2 aliphatic rings. The Labute approximate surface area is 162 Å². The summed E-state index contributed by atoms with van der Waals surface area (Å²) in [7, 11) is -0.918. The molecule has 4 rings (SSSR count). The van der Waals surface area contributed by atoms with Crippen molar-refractivity contribution in [3.63, 3.8) is 0 Å². The van der Waals surface area contributed by atoms with Crippen molar-refractivity contribution in [1.29, 1.82) is 5.26 Å². The topological polar surface area (TPSA) is 135 Å². The molecule has 1 aromatic carbocycles. The number of nitrogens with one attached hydrogen (secondary N) is 1. The Bertz CT molecular complexity index is 970. The lowest BCUT2D eigenvalue weighted by Gasteiger charge is -2.26.